The zero-order valence-corrected chi connectivity index (χ0v) is 10.8. The summed E-state index contributed by atoms with van der Waals surface area (Å²) in [7, 11) is 0. The summed E-state index contributed by atoms with van der Waals surface area (Å²) in [6.45, 7) is 4.55. The first-order chi connectivity index (χ1) is 7.85. The highest BCUT2D eigenvalue weighted by Crippen LogP contribution is 2.44. The third-order valence-corrected chi connectivity index (χ3v) is 4.16. The van der Waals surface area contributed by atoms with Gasteiger partial charge in [0.05, 0.1) is 11.7 Å². The maximum absolute atomic E-state index is 6.29. The Morgan fingerprint density at radius 3 is 2.75 bits per heavy atom. The van der Waals surface area contributed by atoms with Gasteiger partial charge in [-0.25, -0.2) is 0 Å². The van der Waals surface area contributed by atoms with E-state index < -0.39 is 0 Å². The predicted octanol–water partition coefficient (Wildman–Crippen LogP) is 3.26. The van der Waals surface area contributed by atoms with E-state index in [-0.39, 0.29) is 0 Å². The molecule has 1 saturated carbocycles. The average molecular weight is 225 g/mol. The summed E-state index contributed by atoms with van der Waals surface area (Å²) in [6, 6.07) is 0. The third kappa shape index (κ3) is 3.21. The van der Waals surface area contributed by atoms with Crippen molar-refractivity contribution in [1.29, 1.82) is 0 Å². The van der Waals surface area contributed by atoms with Gasteiger partial charge in [-0.15, -0.1) is 0 Å². The maximum Gasteiger partial charge on any atom is 0.0687 e. The van der Waals surface area contributed by atoms with Crippen LogP contribution in [0.2, 0.25) is 0 Å². The Balaban J connectivity index is 1.58. The first-order valence-electron chi connectivity index (χ1n) is 7.23. The molecule has 1 heterocycles. The molecule has 1 unspecified atom stereocenters. The second kappa shape index (κ2) is 6.02. The number of hydrogen-bond donors (Lipinski definition) is 1. The van der Waals surface area contributed by atoms with E-state index in [0.29, 0.717) is 11.7 Å². The van der Waals surface area contributed by atoms with Crippen LogP contribution in [0.25, 0.3) is 0 Å². The van der Waals surface area contributed by atoms with E-state index in [1.54, 1.807) is 0 Å². The average Bonchev–Trinajstić information content (AvgIpc) is 2.90. The molecular weight excluding hydrogens is 198 g/mol. The lowest BCUT2D eigenvalue weighted by Crippen LogP contribution is -2.25. The fourth-order valence-electron chi connectivity index (χ4n) is 3.24. The number of ether oxygens (including phenoxy) is 1. The third-order valence-electron chi connectivity index (χ3n) is 4.16. The van der Waals surface area contributed by atoms with Gasteiger partial charge in [-0.1, -0.05) is 19.8 Å². The van der Waals surface area contributed by atoms with Crippen LogP contribution in [0.5, 0.6) is 0 Å². The Morgan fingerprint density at radius 1 is 1.19 bits per heavy atom. The molecule has 2 aliphatic rings. The quantitative estimate of drug-likeness (QED) is 0.701. The largest absolute Gasteiger partial charge is 0.372 e. The van der Waals surface area contributed by atoms with E-state index in [2.05, 4.69) is 12.2 Å². The second-order valence-corrected chi connectivity index (χ2v) is 5.56. The summed E-state index contributed by atoms with van der Waals surface area (Å²) in [5, 5.41) is 3.46. The summed E-state index contributed by atoms with van der Waals surface area (Å²) >= 11 is 0. The molecule has 0 amide bonds. The number of nitrogens with one attached hydrogen (secondary N) is 1. The minimum absolute atomic E-state index is 0.335. The lowest BCUT2D eigenvalue weighted by Gasteiger charge is -2.23. The van der Waals surface area contributed by atoms with E-state index in [9.17, 15) is 0 Å². The smallest absolute Gasteiger partial charge is 0.0687 e. The van der Waals surface area contributed by atoms with Crippen LogP contribution >= 0.6 is 0 Å². The molecule has 2 fully saturated rings. The van der Waals surface area contributed by atoms with Crippen LogP contribution in [0.15, 0.2) is 0 Å². The molecular formula is C14H27NO. The van der Waals surface area contributed by atoms with Gasteiger partial charge in [0.25, 0.3) is 0 Å². The molecule has 16 heavy (non-hydrogen) atoms. The Labute approximate surface area is 100 Å². The van der Waals surface area contributed by atoms with Crippen molar-refractivity contribution in [3.05, 3.63) is 0 Å². The molecule has 2 rings (SSSR count). The van der Waals surface area contributed by atoms with E-state index >= 15 is 0 Å². The molecule has 1 aliphatic carbocycles. The predicted molar refractivity (Wildman–Crippen MR) is 67.7 cm³/mol. The molecule has 94 valence electrons. The first-order valence-corrected chi connectivity index (χ1v) is 7.23. The highest BCUT2D eigenvalue weighted by Gasteiger charge is 2.41. The fourth-order valence-corrected chi connectivity index (χ4v) is 3.24. The van der Waals surface area contributed by atoms with Gasteiger partial charge in [0.2, 0.25) is 0 Å². The van der Waals surface area contributed by atoms with Gasteiger partial charge >= 0.3 is 0 Å². The Kier molecular flexibility index (Phi) is 4.66. The topological polar surface area (TPSA) is 21.3 Å². The van der Waals surface area contributed by atoms with Crippen LogP contribution in [0, 0.1) is 0 Å². The van der Waals surface area contributed by atoms with E-state index in [0.717, 1.165) is 6.54 Å². The molecule has 1 atom stereocenters. The monoisotopic (exact) mass is 225 g/mol. The summed E-state index contributed by atoms with van der Waals surface area (Å²) in [4.78, 5) is 0. The van der Waals surface area contributed by atoms with Crippen LogP contribution in [-0.4, -0.2) is 24.8 Å². The molecule has 0 aromatic carbocycles. The van der Waals surface area contributed by atoms with Crippen molar-refractivity contribution < 1.29 is 4.74 Å². The number of rotatable bonds is 6. The molecule has 1 spiro atoms. The van der Waals surface area contributed by atoms with Gasteiger partial charge in [-0.3, -0.25) is 0 Å². The van der Waals surface area contributed by atoms with Gasteiger partial charge in [0.15, 0.2) is 0 Å². The Morgan fingerprint density at radius 2 is 2.00 bits per heavy atom. The molecule has 1 saturated heterocycles. The minimum Gasteiger partial charge on any atom is -0.372 e. The highest BCUT2D eigenvalue weighted by molar-refractivity contribution is 4.92. The molecule has 1 N–H and O–H groups in total. The van der Waals surface area contributed by atoms with Crippen molar-refractivity contribution in [2.45, 2.75) is 76.4 Å². The van der Waals surface area contributed by atoms with Crippen molar-refractivity contribution in [3.63, 3.8) is 0 Å². The molecule has 0 bridgehead atoms. The van der Waals surface area contributed by atoms with E-state index in [4.69, 9.17) is 4.74 Å². The first kappa shape index (κ1) is 12.4. The van der Waals surface area contributed by atoms with E-state index in [1.165, 1.54) is 64.3 Å². The summed E-state index contributed by atoms with van der Waals surface area (Å²) < 4.78 is 6.29. The van der Waals surface area contributed by atoms with Crippen LogP contribution in [0.1, 0.15) is 64.7 Å². The molecule has 1 aliphatic heterocycles. The van der Waals surface area contributed by atoms with Gasteiger partial charge in [-0.2, -0.15) is 0 Å². The lowest BCUT2D eigenvalue weighted by atomic mass is 9.98. The molecule has 2 heteroatoms. The molecule has 0 aromatic heterocycles. The zero-order chi connectivity index (χ0) is 11.3. The van der Waals surface area contributed by atoms with Crippen molar-refractivity contribution >= 4 is 0 Å². The normalized spacial score (nSPS) is 27.9. The Bertz CT molecular complexity index is 199. The maximum atomic E-state index is 6.29. The summed E-state index contributed by atoms with van der Waals surface area (Å²) in [5.74, 6) is 0. The van der Waals surface area contributed by atoms with Crippen molar-refractivity contribution in [2.75, 3.05) is 13.1 Å². The van der Waals surface area contributed by atoms with Crippen molar-refractivity contribution in [3.8, 4) is 0 Å². The van der Waals surface area contributed by atoms with Gasteiger partial charge in [0, 0.05) is 0 Å². The van der Waals surface area contributed by atoms with Crippen molar-refractivity contribution in [2.24, 2.45) is 0 Å². The van der Waals surface area contributed by atoms with Crippen LogP contribution in [0.4, 0.5) is 0 Å². The van der Waals surface area contributed by atoms with Gasteiger partial charge in [-0.05, 0) is 58.0 Å². The Hall–Kier alpha value is -0.0800. The second-order valence-electron chi connectivity index (χ2n) is 5.56. The molecule has 0 radical (unpaired) electrons. The van der Waals surface area contributed by atoms with Crippen molar-refractivity contribution in [1.82, 2.24) is 5.32 Å². The minimum atomic E-state index is 0.335. The van der Waals surface area contributed by atoms with Gasteiger partial charge in [0.1, 0.15) is 0 Å². The lowest BCUT2D eigenvalue weighted by molar-refractivity contribution is -0.0392. The SMILES string of the molecule is CCCNCCCC1CCC2(CCCC2)O1. The van der Waals surface area contributed by atoms with E-state index in [1.807, 2.05) is 0 Å². The van der Waals surface area contributed by atoms with Gasteiger partial charge < -0.3 is 10.1 Å². The van der Waals surface area contributed by atoms with Crippen LogP contribution < -0.4 is 5.32 Å². The van der Waals surface area contributed by atoms with Crippen LogP contribution in [-0.2, 0) is 4.74 Å². The fraction of sp³-hybridized carbons (Fsp3) is 1.00. The van der Waals surface area contributed by atoms with Crippen LogP contribution in [0.3, 0.4) is 0 Å². The summed E-state index contributed by atoms with van der Waals surface area (Å²) in [6.07, 6.45) is 12.4. The highest BCUT2D eigenvalue weighted by atomic mass is 16.5. The summed E-state index contributed by atoms with van der Waals surface area (Å²) in [5.41, 5.74) is 0.335. The molecule has 0 aromatic rings. The zero-order valence-electron chi connectivity index (χ0n) is 10.8. The molecule has 2 nitrogen and oxygen atoms in total. The number of hydrogen-bond acceptors (Lipinski definition) is 2. The standard InChI is InChI=1S/C14H27NO/c1-2-11-15-12-5-6-13-7-10-14(16-13)8-3-4-9-14/h13,15H,2-12H2,1H3.